The van der Waals surface area contributed by atoms with Gasteiger partial charge in [-0.25, -0.2) is 14.8 Å². The minimum absolute atomic E-state index is 0.0631. The van der Waals surface area contributed by atoms with Gasteiger partial charge in [-0.2, -0.15) is 0 Å². The first-order valence-corrected chi connectivity index (χ1v) is 12.3. The van der Waals surface area contributed by atoms with E-state index in [4.69, 9.17) is 14.2 Å². The molecule has 182 valence electrons. The Morgan fingerprint density at radius 1 is 1.18 bits per heavy atom. The number of ether oxygens (including phenoxy) is 3. The Morgan fingerprint density at radius 2 is 2.00 bits per heavy atom. The minimum atomic E-state index is -0.228. The van der Waals surface area contributed by atoms with Gasteiger partial charge in [0.1, 0.15) is 18.2 Å². The molecule has 2 saturated heterocycles. The van der Waals surface area contributed by atoms with Crippen molar-refractivity contribution in [3.05, 3.63) is 35.9 Å². The normalized spacial score (nSPS) is 23.5. The molecule has 2 unspecified atom stereocenters. The van der Waals surface area contributed by atoms with Crippen LogP contribution in [0.2, 0.25) is 0 Å². The lowest BCUT2D eigenvalue weighted by atomic mass is 9.84. The van der Waals surface area contributed by atoms with Crippen LogP contribution in [0.15, 0.2) is 24.7 Å². The molecule has 3 aliphatic rings. The molecule has 0 radical (unpaired) electrons. The van der Waals surface area contributed by atoms with E-state index in [0.29, 0.717) is 38.8 Å². The van der Waals surface area contributed by atoms with E-state index in [-0.39, 0.29) is 24.0 Å². The molecule has 9 nitrogen and oxygen atoms in total. The molecule has 5 rings (SSSR count). The summed E-state index contributed by atoms with van der Waals surface area (Å²) in [5.74, 6) is 1.60. The molecule has 34 heavy (non-hydrogen) atoms. The fourth-order valence-electron chi connectivity index (χ4n) is 5.21. The molecule has 2 aromatic rings. The average molecular weight is 468 g/mol. The van der Waals surface area contributed by atoms with Crippen LogP contribution in [0.5, 0.6) is 5.88 Å². The van der Waals surface area contributed by atoms with E-state index in [1.165, 1.54) is 0 Å². The average Bonchev–Trinajstić information content (AvgIpc) is 3.27. The number of rotatable bonds is 7. The molecule has 2 fully saturated rings. The molecule has 9 heteroatoms. The number of fused-ring (bicyclic) bond motifs is 3. The zero-order chi connectivity index (χ0) is 23.5. The van der Waals surface area contributed by atoms with Crippen molar-refractivity contribution in [3.63, 3.8) is 0 Å². The van der Waals surface area contributed by atoms with Gasteiger partial charge in [0.05, 0.1) is 36.8 Å². The van der Waals surface area contributed by atoms with Gasteiger partial charge in [0.25, 0.3) is 0 Å². The van der Waals surface area contributed by atoms with Crippen molar-refractivity contribution < 1.29 is 19.0 Å². The Kier molecular flexibility index (Phi) is 6.80. The first-order chi connectivity index (χ1) is 16.7. The molecule has 2 aromatic heterocycles. The number of carbonyl (C=O) groups excluding carboxylic acids is 1. The van der Waals surface area contributed by atoms with E-state index in [1.54, 1.807) is 6.33 Å². The Balaban J connectivity index is 1.28. The summed E-state index contributed by atoms with van der Waals surface area (Å²) in [6.45, 7) is 7.71. The molecule has 0 saturated carbocycles. The first-order valence-electron chi connectivity index (χ1n) is 12.3. The fourth-order valence-corrected chi connectivity index (χ4v) is 5.21. The molecular formula is C25H33N5O4. The zero-order valence-electron chi connectivity index (χ0n) is 20.0. The summed E-state index contributed by atoms with van der Waals surface area (Å²) in [7, 11) is 0. The minimum Gasteiger partial charge on any atom is -0.473 e. The van der Waals surface area contributed by atoms with E-state index in [0.717, 1.165) is 55.0 Å². The number of pyridine rings is 1. The van der Waals surface area contributed by atoms with Gasteiger partial charge in [0.2, 0.25) is 5.88 Å². The van der Waals surface area contributed by atoms with E-state index < -0.39 is 0 Å². The molecular weight excluding hydrogens is 434 g/mol. The quantitative estimate of drug-likeness (QED) is 0.572. The summed E-state index contributed by atoms with van der Waals surface area (Å²) < 4.78 is 17.8. The van der Waals surface area contributed by atoms with Crippen LogP contribution in [0, 0.1) is 18.8 Å². The van der Waals surface area contributed by atoms with Crippen LogP contribution in [0.4, 0.5) is 16.3 Å². The highest BCUT2D eigenvalue weighted by Gasteiger charge is 2.44. The van der Waals surface area contributed by atoms with Crippen LogP contribution in [0.3, 0.4) is 0 Å². The maximum Gasteiger partial charge on any atom is 0.409 e. The predicted molar refractivity (Wildman–Crippen MR) is 126 cm³/mol. The second-order valence-corrected chi connectivity index (χ2v) is 9.36. The van der Waals surface area contributed by atoms with Gasteiger partial charge in [-0.1, -0.05) is 19.8 Å². The van der Waals surface area contributed by atoms with E-state index >= 15 is 0 Å². The van der Waals surface area contributed by atoms with Crippen LogP contribution < -0.4 is 9.64 Å². The lowest BCUT2D eigenvalue weighted by Gasteiger charge is -2.45. The molecule has 2 bridgehead atoms. The van der Waals surface area contributed by atoms with Crippen molar-refractivity contribution in [1.29, 1.82) is 0 Å². The molecule has 0 N–H and O–H groups in total. The third-order valence-corrected chi connectivity index (χ3v) is 6.98. The predicted octanol–water partition coefficient (Wildman–Crippen LogP) is 3.53. The highest BCUT2D eigenvalue weighted by atomic mass is 16.6. The highest BCUT2D eigenvalue weighted by molar-refractivity contribution is 5.69. The molecule has 1 amide bonds. The Morgan fingerprint density at radius 3 is 2.79 bits per heavy atom. The van der Waals surface area contributed by atoms with E-state index in [9.17, 15) is 4.79 Å². The van der Waals surface area contributed by atoms with Crippen molar-refractivity contribution in [2.75, 3.05) is 44.4 Å². The van der Waals surface area contributed by atoms with Crippen molar-refractivity contribution in [2.24, 2.45) is 11.8 Å². The first kappa shape index (κ1) is 22.8. The van der Waals surface area contributed by atoms with Gasteiger partial charge in [0.15, 0.2) is 0 Å². The number of nitrogens with zero attached hydrogens (tertiary/aromatic N) is 5. The zero-order valence-corrected chi connectivity index (χ0v) is 20.0. The van der Waals surface area contributed by atoms with Crippen LogP contribution in [0.25, 0.3) is 0 Å². The number of aromatic nitrogens is 3. The molecule has 0 spiro atoms. The number of unbranched alkanes of at least 4 members (excludes halogenated alkanes) is 2. The number of amides is 1. The molecule has 0 aliphatic carbocycles. The second-order valence-electron chi connectivity index (χ2n) is 9.36. The molecule has 2 atom stereocenters. The van der Waals surface area contributed by atoms with Crippen LogP contribution in [-0.4, -0.2) is 71.5 Å². The van der Waals surface area contributed by atoms with E-state index in [2.05, 4.69) is 32.8 Å². The van der Waals surface area contributed by atoms with Crippen LogP contribution in [-0.2, 0) is 15.9 Å². The van der Waals surface area contributed by atoms with Gasteiger partial charge in [-0.15, -0.1) is 0 Å². The molecule has 3 aliphatic heterocycles. The maximum atomic E-state index is 12.6. The van der Waals surface area contributed by atoms with Crippen LogP contribution in [0.1, 0.15) is 37.4 Å². The summed E-state index contributed by atoms with van der Waals surface area (Å²) in [4.78, 5) is 30.1. The van der Waals surface area contributed by atoms with Gasteiger partial charge in [-0.05, 0) is 25.5 Å². The summed E-state index contributed by atoms with van der Waals surface area (Å²) in [5, 5.41) is 0. The number of piperidine rings is 1. The van der Waals surface area contributed by atoms with Gasteiger partial charge in [-0.3, -0.25) is 4.98 Å². The number of anilines is 2. The smallest absolute Gasteiger partial charge is 0.409 e. The number of carbonyl (C=O) groups is 1. The summed E-state index contributed by atoms with van der Waals surface area (Å²) in [6.07, 6.45) is 7.09. The standard InChI is InChI=1S/C25H33N5O4/c1-3-4-5-11-33-25(31)29-12-18-14-32-15-19(13-29)22(18)34-24-17(2)23(27-16-28-24)30-10-8-20-21(30)7-6-9-26-20/h6-7,9,16,18-19,22H,3-5,8,10-15H2,1-2H3. The third-order valence-electron chi connectivity index (χ3n) is 6.98. The second kappa shape index (κ2) is 10.1. The van der Waals surface area contributed by atoms with Crippen LogP contribution >= 0.6 is 0 Å². The molecule has 0 aromatic carbocycles. The fraction of sp³-hybridized carbons (Fsp3) is 0.600. The summed E-state index contributed by atoms with van der Waals surface area (Å²) >= 11 is 0. The lowest BCUT2D eigenvalue weighted by molar-refractivity contribution is -0.110. The maximum absolute atomic E-state index is 12.6. The van der Waals surface area contributed by atoms with Crippen molar-refractivity contribution >= 4 is 17.6 Å². The number of likely N-dealkylation sites (tertiary alicyclic amines) is 1. The van der Waals surface area contributed by atoms with Gasteiger partial charge in [0, 0.05) is 44.1 Å². The number of hydrogen-bond donors (Lipinski definition) is 0. The van der Waals surface area contributed by atoms with Crippen molar-refractivity contribution in [1.82, 2.24) is 19.9 Å². The van der Waals surface area contributed by atoms with Crippen molar-refractivity contribution in [3.8, 4) is 5.88 Å². The monoisotopic (exact) mass is 467 g/mol. The van der Waals surface area contributed by atoms with Gasteiger partial charge >= 0.3 is 6.09 Å². The Labute approximate surface area is 200 Å². The SMILES string of the molecule is CCCCCOC(=O)N1CC2COCC(C1)C2Oc1ncnc(N2CCc3ncccc32)c1C. The molecule has 5 heterocycles. The van der Waals surface area contributed by atoms with Gasteiger partial charge < -0.3 is 24.0 Å². The topological polar surface area (TPSA) is 89.9 Å². The van der Waals surface area contributed by atoms with E-state index in [1.807, 2.05) is 24.1 Å². The Bertz CT molecular complexity index is 1000. The number of hydrogen-bond acceptors (Lipinski definition) is 8. The summed E-state index contributed by atoms with van der Waals surface area (Å²) in [5.41, 5.74) is 3.09. The lowest BCUT2D eigenvalue weighted by Crippen LogP contribution is -2.58. The van der Waals surface area contributed by atoms with Crippen molar-refractivity contribution in [2.45, 2.75) is 45.6 Å². The summed E-state index contributed by atoms with van der Waals surface area (Å²) in [6, 6.07) is 4.03. The largest absolute Gasteiger partial charge is 0.473 e. The Hall–Kier alpha value is -2.94. The third kappa shape index (κ3) is 4.53. The highest BCUT2D eigenvalue weighted by Crippen LogP contribution is 2.37.